The fourth-order valence-electron chi connectivity index (χ4n) is 4.32. The van der Waals surface area contributed by atoms with Crippen molar-refractivity contribution in [2.45, 2.75) is 71.4 Å². The molecule has 2 aliphatic rings. The molecule has 0 spiro atoms. The molecule has 2 unspecified atom stereocenters. The Hall–Kier alpha value is -0.0800. The third kappa shape index (κ3) is 2.91. The number of nitrogens with one attached hydrogen (secondary N) is 1. The quantitative estimate of drug-likeness (QED) is 0.826. The Bertz CT molecular complexity index is 254. The molecule has 0 radical (unpaired) electrons. The van der Waals surface area contributed by atoms with Crippen LogP contribution in [0.15, 0.2) is 0 Å². The van der Waals surface area contributed by atoms with Crippen molar-refractivity contribution >= 4 is 0 Å². The number of likely N-dealkylation sites (tertiary alicyclic amines) is 1. The van der Waals surface area contributed by atoms with Gasteiger partial charge in [0, 0.05) is 12.1 Å². The van der Waals surface area contributed by atoms with E-state index in [1.807, 2.05) is 0 Å². The molecule has 0 amide bonds. The number of rotatable bonds is 4. The number of piperidine rings is 1. The van der Waals surface area contributed by atoms with E-state index in [0.29, 0.717) is 11.5 Å². The highest BCUT2D eigenvalue weighted by Crippen LogP contribution is 2.40. The molecular weight excluding hydrogens is 220 g/mol. The smallest absolute Gasteiger partial charge is 0.0271 e. The zero-order valence-corrected chi connectivity index (χ0v) is 12.8. The van der Waals surface area contributed by atoms with Crippen LogP contribution in [0.1, 0.15) is 59.3 Å². The lowest BCUT2D eigenvalue weighted by atomic mass is 9.85. The molecule has 1 N–H and O–H groups in total. The second kappa shape index (κ2) is 5.92. The number of likely N-dealkylation sites (N-methyl/N-ethyl adjacent to an activating group) is 1. The third-order valence-electron chi connectivity index (χ3n) is 5.44. The van der Waals surface area contributed by atoms with Gasteiger partial charge in [-0.1, -0.05) is 33.6 Å². The van der Waals surface area contributed by atoms with E-state index in [1.54, 1.807) is 0 Å². The summed E-state index contributed by atoms with van der Waals surface area (Å²) in [7, 11) is 2.15. The van der Waals surface area contributed by atoms with E-state index in [0.717, 1.165) is 12.0 Å². The van der Waals surface area contributed by atoms with Crippen LogP contribution in [-0.4, -0.2) is 37.1 Å². The molecule has 1 saturated carbocycles. The van der Waals surface area contributed by atoms with Gasteiger partial charge >= 0.3 is 0 Å². The highest BCUT2D eigenvalue weighted by molar-refractivity contribution is 5.01. The summed E-state index contributed by atoms with van der Waals surface area (Å²) in [6.07, 6.45) is 8.43. The van der Waals surface area contributed by atoms with Crippen molar-refractivity contribution in [3.63, 3.8) is 0 Å². The molecule has 0 aromatic heterocycles. The topological polar surface area (TPSA) is 15.3 Å². The van der Waals surface area contributed by atoms with E-state index in [2.05, 4.69) is 38.0 Å². The van der Waals surface area contributed by atoms with Gasteiger partial charge in [0.25, 0.3) is 0 Å². The molecule has 1 aliphatic heterocycles. The Labute approximate surface area is 114 Å². The van der Waals surface area contributed by atoms with Crippen LogP contribution in [0.2, 0.25) is 0 Å². The van der Waals surface area contributed by atoms with E-state index >= 15 is 0 Å². The fourth-order valence-corrected chi connectivity index (χ4v) is 4.32. The molecule has 2 rings (SSSR count). The summed E-state index contributed by atoms with van der Waals surface area (Å²) in [5.41, 5.74) is 0.472. The van der Waals surface area contributed by atoms with Crippen molar-refractivity contribution in [2.75, 3.05) is 20.1 Å². The molecule has 2 heteroatoms. The van der Waals surface area contributed by atoms with Gasteiger partial charge in [0.1, 0.15) is 0 Å². The highest BCUT2D eigenvalue weighted by Gasteiger charge is 2.43. The molecule has 1 saturated heterocycles. The van der Waals surface area contributed by atoms with Crippen LogP contribution >= 0.6 is 0 Å². The Morgan fingerprint density at radius 3 is 2.39 bits per heavy atom. The SMILES string of the molecule is CCCC1CCN(C2CCC(C)(C)C2NC)CC1. The average molecular weight is 252 g/mol. The molecule has 0 aromatic rings. The Kier molecular flexibility index (Phi) is 4.71. The van der Waals surface area contributed by atoms with Crippen LogP contribution in [0.25, 0.3) is 0 Å². The summed E-state index contributed by atoms with van der Waals surface area (Å²) in [4.78, 5) is 2.78. The maximum absolute atomic E-state index is 3.60. The van der Waals surface area contributed by atoms with Crippen LogP contribution in [0.5, 0.6) is 0 Å². The van der Waals surface area contributed by atoms with E-state index in [9.17, 15) is 0 Å². The number of hydrogen-bond acceptors (Lipinski definition) is 2. The third-order valence-corrected chi connectivity index (χ3v) is 5.44. The molecule has 1 aliphatic carbocycles. The van der Waals surface area contributed by atoms with E-state index in [1.165, 1.54) is 51.6 Å². The van der Waals surface area contributed by atoms with E-state index in [4.69, 9.17) is 0 Å². The van der Waals surface area contributed by atoms with Gasteiger partial charge in [0.15, 0.2) is 0 Å². The maximum Gasteiger partial charge on any atom is 0.0271 e. The fraction of sp³-hybridized carbons (Fsp3) is 1.00. The van der Waals surface area contributed by atoms with Gasteiger partial charge in [-0.05, 0) is 57.2 Å². The second-order valence-corrected chi connectivity index (χ2v) is 7.13. The molecule has 0 bridgehead atoms. The Morgan fingerprint density at radius 2 is 1.83 bits per heavy atom. The van der Waals surface area contributed by atoms with Gasteiger partial charge in [-0.15, -0.1) is 0 Å². The van der Waals surface area contributed by atoms with Crippen LogP contribution < -0.4 is 5.32 Å². The molecule has 1 heterocycles. The zero-order valence-electron chi connectivity index (χ0n) is 12.8. The van der Waals surface area contributed by atoms with Gasteiger partial charge in [0.2, 0.25) is 0 Å². The van der Waals surface area contributed by atoms with Crippen molar-refractivity contribution in [1.29, 1.82) is 0 Å². The first kappa shape index (κ1) is 14.3. The van der Waals surface area contributed by atoms with Gasteiger partial charge < -0.3 is 5.32 Å². The van der Waals surface area contributed by atoms with Gasteiger partial charge in [-0.2, -0.15) is 0 Å². The largest absolute Gasteiger partial charge is 0.315 e. The van der Waals surface area contributed by atoms with Crippen LogP contribution in [0.4, 0.5) is 0 Å². The maximum atomic E-state index is 3.60. The minimum atomic E-state index is 0.472. The lowest BCUT2D eigenvalue weighted by Gasteiger charge is -2.40. The predicted molar refractivity (Wildman–Crippen MR) is 78.9 cm³/mol. The van der Waals surface area contributed by atoms with Crippen molar-refractivity contribution in [3.05, 3.63) is 0 Å². The molecule has 0 aromatic carbocycles. The predicted octanol–water partition coefficient (Wildman–Crippen LogP) is 3.28. The Morgan fingerprint density at radius 1 is 1.17 bits per heavy atom. The van der Waals surface area contributed by atoms with Crippen molar-refractivity contribution in [3.8, 4) is 0 Å². The minimum absolute atomic E-state index is 0.472. The molecule has 18 heavy (non-hydrogen) atoms. The highest BCUT2D eigenvalue weighted by atomic mass is 15.2. The van der Waals surface area contributed by atoms with Crippen molar-refractivity contribution in [2.24, 2.45) is 11.3 Å². The second-order valence-electron chi connectivity index (χ2n) is 7.13. The summed E-state index contributed by atoms with van der Waals surface area (Å²) in [5.74, 6) is 1.01. The van der Waals surface area contributed by atoms with Crippen LogP contribution in [-0.2, 0) is 0 Å². The molecular formula is C16H32N2. The standard InChI is InChI=1S/C16H32N2/c1-5-6-13-8-11-18(12-9-13)14-7-10-16(2,3)15(14)17-4/h13-15,17H,5-12H2,1-4H3. The van der Waals surface area contributed by atoms with E-state index in [-0.39, 0.29) is 0 Å². The lowest BCUT2D eigenvalue weighted by molar-refractivity contribution is 0.102. The average Bonchev–Trinajstić information content (AvgIpc) is 2.65. The lowest BCUT2D eigenvalue weighted by Crippen LogP contribution is -2.52. The summed E-state index contributed by atoms with van der Waals surface area (Å²) >= 11 is 0. The number of nitrogens with zero attached hydrogens (tertiary/aromatic N) is 1. The van der Waals surface area contributed by atoms with Gasteiger partial charge in [-0.3, -0.25) is 4.90 Å². The van der Waals surface area contributed by atoms with Crippen LogP contribution in [0, 0.1) is 11.3 Å². The normalized spacial score (nSPS) is 34.0. The first-order valence-electron chi connectivity index (χ1n) is 7.99. The van der Waals surface area contributed by atoms with Gasteiger partial charge in [-0.25, -0.2) is 0 Å². The molecule has 2 nitrogen and oxygen atoms in total. The monoisotopic (exact) mass is 252 g/mol. The van der Waals surface area contributed by atoms with Crippen molar-refractivity contribution in [1.82, 2.24) is 10.2 Å². The number of hydrogen-bond donors (Lipinski definition) is 1. The summed E-state index contributed by atoms with van der Waals surface area (Å²) in [6.45, 7) is 9.85. The molecule has 2 atom stereocenters. The summed E-state index contributed by atoms with van der Waals surface area (Å²) in [6, 6.07) is 1.47. The van der Waals surface area contributed by atoms with E-state index < -0.39 is 0 Å². The first-order valence-corrected chi connectivity index (χ1v) is 7.99. The first-order chi connectivity index (χ1) is 8.58. The van der Waals surface area contributed by atoms with Crippen LogP contribution in [0.3, 0.4) is 0 Å². The summed E-state index contributed by atoms with van der Waals surface area (Å²) in [5, 5.41) is 3.60. The van der Waals surface area contributed by atoms with Gasteiger partial charge in [0.05, 0.1) is 0 Å². The molecule has 106 valence electrons. The molecule has 2 fully saturated rings. The zero-order chi connectivity index (χ0) is 13.2. The van der Waals surface area contributed by atoms with Crippen molar-refractivity contribution < 1.29 is 0 Å². The summed E-state index contributed by atoms with van der Waals surface area (Å²) < 4.78 is 0. The Balaban J connectivity index is 1.90. The minimum Gasteiger partial charge on any atom is -0.315 e.